The van der Waals surface area contributed by atoms with Gasteiger partial charge in [0, 0.05) is 32.7 Å². The van der Waals surface area contributed by atoms with Crippen LogP contribution in [0.2, 0.25) is 0 Å². The third kappa shape index (κ3) is 7.51. The summed E-state index contributed by atoms with van der Waals surface area (Å²) in [7, 11) is -3.46. The number of amides is 1. The average molecular weight is 505 g/mol. The molecule has 1 atom stereocenters. The van der Waals surface area contributed by atoms with Crippen molar-refractivity contribution < 1.29 is 13.2 Å². The smallest absolute Gasteiger partial charge is 0.281 e. The van der Waals surface area contributed by atoms with Gasteiger partial charge in [-0.15, -0.1) is 0 Å². The van der Waals surface area contributed by atoms with E-state index in [-0.39, 0.29) is 11.8 Å². The summed E-state index contributed by atoms with van der Waals surface area (Å²) in [6, 6.07) is 10.8. The molecule has 0 saturated carbocycles. The number of hydrogen-bond acceptors (Lipinski definition) is 4. The third-order valence-electron chi connectivity index (χ3n) is 8.17. The van der Waals surface area contributed by atoms with Gasteiger partial charge in [-0.1, -0.05) is 37.3 Å². The van der Waals surface area contributed by atoms with E-state index in [0.717, 1.165) is 57.7 Å². The normalized spacial score (nSPS) is 24.4. The van der Waals surface area contributed by atoms with Crippen LogP contribution in [0.15, 0.2) is 30.3 Å². The van der Waals surface area contributed by atoms with E-state index in [1.54, 1.807) is 8.61 Å². The maximum absolute atomic E-state index is 13.1. The zero-order chi connectivity index (χ0) is 24.7. The molecule has 3 aliphatic heterocycles. The molecule has 3 heterocycles. The van der Waals surface area contributed by atoms with Crippen LogP contribution in [0.5, 0.6) is 0 Å². The maximum atomic E-state index is 13.1. The Labute approximate surface area is 212 Å². The molecule has 4 rings (SSSR count). The van der Waals surface area contributed by atoms with E-state index in [1.807, 2.05) is 0 Å². The lowest BCUT2D eigenvalue weighted by Gasteiger charge is -2.37. The molecule has 35 heavy (non-hydrogen) atoms. The molecule has 3 saturated heterocycles. The van der Waals surface area contributed by atoms with Gasteiger partial charge in [-0.3, -0.25) is 4.79 Å². The molecule has 3 aliphatic rings. The van der Waals surface area contributed by atoms with E-state index in [1.165, 1.54) is 24.8 Å². The summed E-state index contributed by atoms with van der Waals surface area (Å²) < 4.78 is 29.4. The maximum Gasteiger partial charge on any atom is 0.281 e. The van der Waals surface area contributed by atoms with Crippen LogP contribution in [0, 0.1) is 17.8 Å². The average Bonchev–Trinajstić information content (AvgIpc) is 2.88. The van der Waals surface area contributed by atoms with Gasteiger partial charge in [0.05, 0.1) is 5.92 Å². The highest BCUT2D eigenvalue weighted by Gasteiger charge is 2.36. The molecule has 0 aliphatic carbocycles. The molecular formula is C27H44N4O3S. The van der Waals surface area contributed by atoms with Crippen molar-refractivity contribution >= 4 is 16.1 Å². The Bertz CT molecular complexity index is 894. The largest absolute Gasteiger partial charge is 0.356 e. The second-order valence-electron chi connectivity index (χ2n) is 10.9. The highest BCUT2D eigenvalue weighted by molar-refractivity contribution is 7.86. The van der Waals surface area contributed by atoms with Crippen molar-refractivity contribution in [1.29, 1.82) is 0 Å². The Hall–Kier alpha value is -1.48. The lowest BCUT2D eigenvalue weighted by atomic mass is 9.90. The molecule has 0 aromatic heterocycles. The lowest BCUT2D eigenvalue weighted by Crippen LogP contribution is -2.52. The van der Waals surface area contributed by atoms with Gasteiger partial charge in [-0.25, -0.2) is 0 Å². The number of carbonyl (C=O) groups is 1. The fourth-order valence-corrected chi connectivity index (χ4v) is 7.49. The number of rotatable bonds is 9. The van der Waals surface area contributed by atoms with Crippen molar-refractivity contribution in [2.75, 3.05) is 52.4 Å². The van der Waals surface area contributed by atoms with Crippen molar-refractivity contribution in [2.24, 2.45) is 17.8 Å². The van der Waals surface area contributed by atoms with Crippen molar-refractivity contribution in [2.45, 2.75) is 58.3 Å². The SMILES string of the molecule is CC1CCN(S(=O)(=O)N2CCCC(C(=O)NCCCN3CCC(Cc4ccccc4)CC3)C2)CC1. The Morgan fingerprint density at radius 2 is 1.66 bits per heavy atom. The molecule has 8 heteroatoms. The molecule has 0 spiro atoms. The molecule has 1 amide bonds. The molecule has 3 fully saturated rings. The summed E-state index contributed by atoms with van der Waals surface area (Å²) in [6.45, 7) is 8.16. The minimum absolute atomic E-state index is 0.0127. The second kappa shape index (κ2) is 12.7. The summed E-state index contributed by atoms with van der Waals surface area (Å²) >= 11 is 0. The minimum atomic E-state index is -3.46. The molecule has 1 aromatic carbocycles. The van der Waals surface area contributed by atoms with E-state index < -0.39 is 10.2 Å². The number of nitrogens with zero attached hydrogens (tertiary/aromatic N) is 3. The van der Waals surface area contributed by atoms with Gasteiger partial charge in [0.2, 0.25) is 5.91 Å². The topological polar surface area (TPSA) is 73.0 Å². The number of likely N-dealkylation sites (tertiary alicyclic amines) is 1. The van der Waals surface area contributed by atoms with Crippen LogP contribution in [0.25, 0.3) is 0 Å². The van der Waals surface area contributed by atoms with Gasteiger partial charge < -0.3 is 10.2 Å². The third-order valence-corrected chi connectivity index (χ3v) is 10.2. The zero-order valence-corrected chi connectivity index (χ0v) is 22.2. The zero-order valence-electron chi connectivity index (χ0n) is 21.4. The molecule has 0 radical (unpaired) electrons. The van der Waals surface area contributed by atoms with E-state index >= 15 is 0 Å². The first-order valence-corrected chi connectivity index (χ1v) is 15.1. The van der Waals surface area contributed by atoms with Gasteiger partial charge in [0.15, 0.2) is 0 Å². The quantitative estimate of drug-likeness (QED) is 0.525. The van der Waals surface area contributed by atoms with Gasteiger partial charge in [-0.2, -0.15) is 17.0 Å². The number of piperidine rings is 3. The number of carbonyl (C=O) groups excluding carboxylic acids is 1. The summed E-state index contributed by atoms with van der Waals surface area (Å²) in [6.07, 6.45) is 7.95. The van der Waals surface area contributed by atoms with Crippen molar-refractivity contribution in [3.8, 4) is 0 Å². The minimum Gasteiger partial charge on any atom is -0.356 e. The van der Waals surface area contributed by atoms with E-state index in [4.69, 9.17) is 0 Å². The Morgan fingerprint density at radius 1 is 0.943 bits per heavy atom. The fourth-order valence-electron chi connectivity index (χ4n) is 5.77. The lowest BCUT2D eigenvalue weighted by molar-refractivity contribution is -0.126. The van der Waals surface area contributed by atoms with Crippen LogP contribution in [0.1, 0.15) is 57.4 Å². The van der Waals surface area contributed by atoms with Crippen LogP contribution in [-0.4, -0.2) is 80.2 Å². The summed E-state index contributed by atoms with van der Waals surface area (Å²) in [5.41, 5.74) is 1.44. The van der Waals surface area contributed by atoms with Gasteiger partial charge in [-0.05, 0) is 88.4 Å². The number of nitrogens with one attached hydrogen (secondary N) is 1. The molecule has 1 aromatic rings. The molecule has 7 nitrogen and oxygen atoms in total. The first-order valence-electron chi connectivity index (χ1n) is 13.7. The number of hydrogen-bond donors (Lipinski definition) is 1. The second-order valence-corrected chi connectivity index (χ2v) is 12.8. The van der Waals surface area contributed by atoms with E-state index in [9.17, 15) is 13.2 Å². The predicted molar refractivity (Wildman–Crippen MR) is 140 cm³/mol. The first-order chi connectivity index (χ1) is 16.9. The van der Waals surface area contributed by atoms with Gasteiger partial charge in [0.1, 0.15) is 0 Å². The molecule has 1 N–H and O–H groups in total. The van der Waals surface area contributed by atoms with Gasteiger partial charge in [0.25, 0.3) is 10.2 Å². The Kier molecular flexibility index (Phi) is 9.61. The standard InChI is InChI=1S/C27H44N4O3S/c1-23-10-19-30(20-11-23)35(33,34)31-16-5-9-26(22-31)27(32)28-14-6-15-29-17-12-25(13-18-29)21-24-7-3-2-4-8-24/h2-4,7-8,23,25-26H,5-6,9-22H2,1H3,(H,28,32). The van der Waals surface area contributed by atoms with Crippen LogP contribution >= 0.6 is 0 Å². The van der Waals surface area contributed by atoms with E-state index in [0.29, 0.717) is 38.6 Å². The van der Waals surface area contributed by atoms with Crippen LogP contribution in [0.4, 0.5) is 0 Å². The van der Waals surface area contributed by atoms with Crippen molar-refractivity contribution in [3.63, 3.8) is 0 Å². The predicted octanol–water partition coefficient (Wildman–Crippen LogP) is 3.14. The van der Waals surface area contributed by atoms with E-state index in [2.05, 4.69) is 47.5 Å². The first kappa shape index (κ1) is 26.6. The Balaban J connectivity index is 1.13. The van der Waals surface area contributed by atoms with Crippen LogP contribution < -0.4 is 5.32 Å². The monoisotopic (exact) mass is 504 g/mol. The summed E-state index contributed by atoms with van der Waals surface area (Å²) in [5.74, 6) is 1.13. The molecule has 1 unspecified atom stereocenters. The van der Waals surface area contributed by atoms with Crippen molar-refractivity contribution in [3.05, 3.63) is 35.9 Å². The molecular weight excluding hydrogens is 460 g/mol. The fraction of sp³-hybridized carbons (Fsp3) is 0.741. The van der Waals surface area contributed by atoms with Crippen LogP contribution in [0.3, 0.4) is 0 Å². The molecule has 196 valence electrons. The number of benzene rings is 1. The Morgan fingerprint density at radius 3 is 2.37 bits per heavy atom. The summed E-state index contributed by atoms with van der Waals surface area (Å²) in [4.78, 5) is 15.3. The molecule has 0 bridgehead atoms. The highest BCUT2D eigenvalue weighted by Crippen LogP contribution is 2.25. The van der Waals surface area contributed by atoms with Crippen LogP contribution in [-0.2, 0) is 21.4 Å². The van der Waals surface area contributed by atoms with Gasteiger partial charge >= 0.3 is 0 Å². The summed E-state index contributed by atoms with van der Waals surface area (Å²) in [5, 5.41) is 3.09. The van der Waals surface area contributed by atoms with Crippen molar-refractivity contribution in [1.82, 2.24) is 18.8 Å². The highest BCUT2D eigenvalue weighted by atomic mass is 32.2.